The average Bonchev–Trinajstić information content (AvgIpc) is 2.99. The van der Waals surface area contributed by atoms with E-state index in [1.807, 2.05) is 63.2 Å². The van der Waals surface area contributed by atoms with Crippen molar-refractivity contribution in [3.8, 4) is 0 Å². The van der Waals surface area contributed by atoms with Gasteiger partial charge in [0.1, 0.15) is 12.6 Å². The second-order valence-corrected chi connectivity index (χ2v) is 12.9. The standard InChI is InChI=1S/C34H36ClN3O4S/c1-25(2)36-34(40)32(22-27-14-6-4-7-15-27)37(23-28-16-10-11-20-31(28)35)33(39)24-38(29-17-12-13-26(3)21-29)43(41,42)30-18-8-5-9-19-30/h4-21,25,32H,22-24H2,1-3H3,(H,36,40)/t32-/m1/s1. The SMILES string of the molecule is Cc1cccc(N(CC(=O)N(Cc2ccccc2Cl)[C@H](Cc2ccccc2)C(=O)NC(C)C)S(=O)(=O)c2ccccc2)c1. The van der Waals surface area contributed by atoms with Gasteiger partial charge in [-0.1, -0.05) is 90.5 Å². The van der Waals surface area contributed by atoms with Gasteiger partial charge in [0.15, 0.2) is 0 Å². The summed E-state index contributed by atoms with van der Waals surface area (Å²) in [4.78, 5) is 29.6. The maximum absolute atomic E-state index is 14.4. The van der Waals surface area contributed by atoms with Crippen LogP contribution in [-0.2, 0) is 32.6 Å². The Balaban J connectivity index is 1.81. The molecule has 2 amide bonds. The molecule has 0 heterocycles. The maximum Gasteiger partial charge on any atom is 0.264 e. The Morgan fingerprint density at radius 3 is 2.09 bits per heavy atom. The first kappa shape index (κ1) is 31.8. The molecule has 1 atom stereocenters. The third-order valence-corrected chi connectivity index (χ3v) is 9.06. The van der Waals surface area contributed by atoms with Crippen molar-refractivity contribution in [1.82, 2.24) is 10.2 Å². The van der Waals surface area contributed by atoms with E-state index in [0.717, 1.165) is 15.4 Å². The van der Waals surface area contributed by atoms with E-state index in [0.29, 0.717) is 16.3 Å². The van der Waals surface area contributed by atoms with E-state index in [4.69, 9.17) is 11.6 Å². The van der Waals surface area contributed by atoms with Crippen molar-refractivity contribution in [1.29, 1.82) is 0 Å². The first-order chi connectivity index (χ1) is 20.6. The molecule has 0 fully saturated rings. The van der Waals surface area contributed by atoms with Crippen LogP contribution in [0.25, 0.3) is 0 Å². The Kier molecular flexibility index (Phi) is 10.6. The van der Waals surface area contributed by atoms with Crippen LogP contribution >= 0.6 is 11.6 Å². The number of nitrogens with zero attached hydrogens (tertiary/aromatic N) is 2. The Bertz CT molecular complexity index is 1650. The predicted octanol–water partition coefficient (Wildman–Crippen LogP) is 6.01. The zero-order valence-electron chi connectivity index (χ0n) is 24.5. The summed E-state index contributed by atoms with van der Waals surface area (Å²) < 4.78 is 29.1. The van der Waals surface area contributed by atoms with Crippen molar-refractivity contribution in [3.63, 3.8) is 0 Å². The van der Waals surface area contributed by atoms with Crippen LogP contribution in [0.1, 0.15) is 30.5 Å². The second-order valence-electron chi connectivity index (χ2n) is 10.6. The second kappa shape index (κ2) is 14.4. The number of hydrogen-bond acceptors (Lipinski definition) is 4. The molecule has 0 spiro atoms. The molecule has 7 nitrogen and oxygen atoms in total. The summed E-state index contributed by atoms with van der Waals surface area (Å²) in [5, 5.41) is 3.39. The number of benzene rings is 4. The van der Waals surface area contributed by atoms with Gasteiger partial charge < -0.3 is 10.2 Å². The minimum Gasteiger partial charge on any atom is -0.352 e. The van der Waals surface area contributed by atoms with Gasteiger partial charge >= 0.3 is 0 Å². The molecule has 4 rings (SSSR count). The van der Waals surface area contributed by atoms with E-state index < -0.39 is 28.5 Å². The van der Waals surface area contributed by atoms with E-state index in [1.165, 1.54) is 17.0 Å². The zero-order chi connectivity index (χ0) is 31.0. The van der Waals surface area contributed by atoms with E-state index in [-0.39, 0.29) is 29.8 Å². The molecule has 0 saturated carbocycles. The van der Waals surface area contributed by atoms with Gasteiger partial charge in [-0.2, -0.15) is 0 Å². The predicted molar refractivity (Wildman–Crippen MR) is 171 cm³/mol. The van der Waals surface area contributed by atoms with Crippen LogP contribution in [0.4, 0.5) is 5.69 Å². The first-order valence-corrected chi connectivity index (χ1v) is 15.9. The molecule has 224 valence electrons. The van der Waals surface area contributed by atoms with Gasteiger partial charge in [-0.05, 0) is 67.8 Å². The lowest BCUT2D eigenvalue weighted by Gasteiger charge is -2.34. The quantitative estimate of drug-likeness (QED) is 0.211. The molecule has 0 unspecified atom stereocenters. The van der Waals surface area contributed by atoms with Crippen LogP contribution in [0.3, 0.4) is 0 Å². The number of sulfonamides is 1. The lowest BCUT2D eigenvalue weighted by atomic mass is 10.0. The Hall–Kier alpha value is -4.14. The van der Waals surface area contributed by atoms with E-state index in [9.17, 15) is 18.0 Å². The van der Waals surface area contributed by atoms with Crippen molar-refractivity contribution in [2.75, 3.05) is 10.8 Å². The van der Waals surface area contributed by atoms with Gasteiger partial charge in [-0.15, -0.1) is 0 Å². The molecule has 0 aliphatic rings. The van der Waals surface area contributed by atoms with Gasteiger partial charge in [-0.25, -0.2) is 8.42 Å². The average molecular weight is 618 g/mol. The van der Waals surface area contributed by atoms with Gasteiger partial charge in [0.25, 0.3) is 10.0 Å². The summed E-state index contributed by atoms with van der Waals surface area (Å²) in [5.41, 5.74) is 2.68. The molecule has 0 saturated heterocycles. The molecular formula is C34H36ClN3O4S. The van der Waals surface area contributed by atoms with Crippen LogP contribution < -0.4 is 9.62 Å². The van der Waals surface area contributed by atoms with Crippen LogP contribution in [0, 0.1) is 6.92 Å². The highest BCUT2D eigenvalue weighted by molar-refractivity contribution is 7.92. The monoisotopic (exact) mass is 617 g/mol. The lowest BCUT2D eigenvalue weighted by molar-refractivity contribution is -0.140. The van der Waals surface area contributed by atoms with E-state index >= 15 is 0 Å². The molecule has 0 aromatic heterocycles. The molecule has 0 bridgehead atoms. The Labute approximate surface area is 259 Å². The molecule has 0 aliphatic carbocycles. The van der Waals surface area contributed by atoms with Crippen LogP contribution in [0.15, 0.2) is 114 Å². The third-order valence-electron chi connectivity index (χ3n) is 6.90. The fourth-order valence-electron chi connectivity index (χ4n) is 4.78. The number of carbonyl (C=O) groups excluding carboxylic acids is 2. The minimum atomic E-state index is -4.15. The summed E-state index contributed by atoms with van der Waals surface area (Å²) >= 11 is 6.53. The fourth-order valence-corrected chi connectivity index (χ4v) is 6.40. The van der Waals surface area contributed by atoms with Crippen LogP contribution in [-0.4, -0.2) is 43.8 Å². The molecule has 1 N–H and O–H groups in total. The number of aryl methyl sites for hydroxylation is 1. The van der Waals surface area contributed by atoms with Crippen molar-refractivity contribution in [3.05, 3.63) is 131 Å². The number of nitrogens with one attached hydrogen (secondary N) is 1. The number of carbonyl (C=O) groups is 2. The van der Waals surface area contributed by atoms with Crippen molar-refractivity contribution in [2.24, 2.45) is 0 Å². The highest BCUT2D eigenvalue weighted by Crippen LogP contribution is 2.26. The number of halogens is 1. The Morgan fingerprint density at radius 1 is 0.837 bits per heavy atom. The number of hydrogen-bond donors (Lipinski definition) is 1. The lowest BCUT2D eigenvalue weighted by Crippen LogP contribution is -2.54. The molecule has 4 aromatic carbocycles. The summed E-state index contributed by atoms with van der Waals surface area (Å²) in [6, 6.07) is 30.4. The third kappa shape index (κ3) is 8.24. The normalized spacial score (nSPS) is 12.0. The highest BCUT2D eigenvalue weighted by atomic mass is 35.5. The first-order valence-electron chi connectivity index (χ1n) is 14.1. The fraction of sp³-hybridized carbons (Fsp3) is 0.235. The molecule has 0 radical (unpaired) electrons. The largest absolute Gasteiger partial charge is 0.352 e. The molecule has 9 heteroatoms. The van der Waals surface area contributed by atoms with Gasteiger partial charge in [-0.3, -0.25) is 13.9 Å². The minimum absolute atomic E-state index is 0.00850. The maximum atomic E-state index is 14.4. The van der Waals surface area contributed by atoms with Gasteiger partial charge in [0.2, 0.25) is 11.8 Å². The summed E-state index contributed by atoms with van der Waals surface area (Å²) in [5.74, 6) is -0.881. The van der Waals surface area contributed by atoms with Crippen LogP contribution in [0.2, 0.25) is 5.02 Å². The smallest absolute Gasteiger partial charge is 0.264 e. The van der Waals surface area contributed by atoms with Gasteiger partial charge in [0, 0.05) is 24.0 Å². The number of rotatable bonds is 12. The Morgan fingerprint density at radius 2 is 1.47 bits per heavy atom. The van der Waals surface area contributed by atoms with Crippen molar-refractivity contribution < 1.29 is 18.0 Å². The van der Waals surface area contributed by atoms with Crippen LogP contribution in [0.5, 0.6) is 0 Å². The molecule has 0 aliphatic heterocycles. The van der Waals surface area contributed by atoms with Crippen molar-refractivity contribution in [2.45, 2.75) is 50.7 Å². The van der Waals surface area contributed by atoms with E-state index in [2.05, 4.69) is 5.32 Å². The number of amides is 2. The van der Waals surface area contributed by atoms with E-state index in [1.54, 1.807) is 54.6 Å². The highest BCUT2D eigenvalue weighted by Gasteiger charge is 2.35. The topological polar surface area (TPSA) is 86.8 Å². The summed E-state index contributed by atoms with van der Waals surface area (Å²) in [6.07, 6.45) is 0.228. The summed E-state index contributed by atoms with van der Waals surface area (Å²) in [7, 11) is -4.15. The molecule has 4 aromatic rings. The zero-order valence-corrected chi connectivity index (χ0v) is 26.1. The molecular weight excluding hydrogens is 582 g/mol. The molecule has 43 heavy (non-hydrogen) atoms. The van der Waals surface area contributed by atoms with Crippen molar-refractivity contribution >= 4 is 39.1 Å². The number of anilines is 1. The van der Waals surface area contributed by atoms with Gasteiger partial charge in [0.05, 0.1) is 10.6 Å². The summed E-state index contributed by atoms with van der Waals surface area (Å²) in [6.45, 7) is 5.04.